The van der Waals surface area contributed by atoms with E-state index in [-0.39, 0.29) is 12.4 Å². The second-order valence-electron chi connectivity index (χ2n) is 4.95. The van der Waals surface area contributed by atoms with Crippen LogP contribution in [-0.2, 0) is 9.53 Å². The van der Waals surface area contributed by atoms with Crippen molar-refractivity contribution < 1.29 is 23.0 Å². The summed E-state index contributed by atoms with van der Waals surface area (Å²) in [6, 6.07) is 5.50. The van der Waals surface area contributed by atoms with Gasteiger partial charge in [0.05, 0.1) is 6.61 Å². The van der Waals surface area contributed by atoms with Gasteiger partial charge in [0.15, 0.2) is 0 Å². The molecule has 0 aliphatic heterocycles. The number of ether oxygens (including phenoxy) is 2. The summed E-state index contributed by atoms with van der Waals surface area (Å²) in [5.41, 5.74) is 0.372. The number of benzene rings is 1. The first-order chi connectivity index (χ1) is 10.1. The maximum atomic E-state index is 12.5. The quantitative estimate of drug-likeness (QED) is 0.750. The Balaban J connectivity index is 2.18. The van der Waals surface area contributed by atoms with Crippen molar-refractivity contribution in [1.82, 2.24) is 5.32 Å². The summed E-state index contributed by atoms with van der Waals surface area (Å²) in [5.74, 6) is 0.0578. The molecule has 1 aromatic carbocycles. The van der Waals surface area contributed by atoms with Crippen molar-refractivity contribution in [2.75, 3.05) is 13.2 Å². The van der Waals surface area contributed by atoms with E-state index in [0.29, 0.717) is 18.0 Å². The Morgan fingerprint density at radius 1 is 1.38 bits per heavy atom. The number of esters is 1. The van der Waals surface area contributed by atoms with Gasteiger partial charge in [-0.2, -0.15) is 8.78 Å². The highest BCUT2D eigenvalue weighted by atomic mass is 19.3. The summed E-state index contributed by atoms with van der Waals surface area (Å²) in [4.78, 5) is 12.1. The van der Waals surface area contributed by atoms with Gasteiger partial charge in [-0.1, -0.05) is 18.2 Å². The second kappa shape index (κ2) is 7.36. The Bertz CT molecular complexity index is 478. The van der Waals surface area contributed by atoms with Crippen molar-refractivity contribution in [2.45, 2.75) is 32.4 Å². The predicted octanol–water partition coefficient (Wildman–Crippen LogP) is 2.89. The van der Waals surface area contributed by atoms with E-state index in [9.17, 15) is 13.6 Å². The fourth-order valence-corrected chi connectivity index (χ4v) is 2.07. The lowest BCUT2D eigenvalue weighted by Crippen LogP contribution is -2.32. The molecule has 0 saturated heterocycles. The lowest BCUT2D eigenvalue weighted by Gasteiger charge is -2.20. The van der Waals surface area contributed by atoms with Gasteiger partial charge in [-0.15, -0.1) is 0 Å². The molecule has 0 aromatic heterocycles. The smallest absolute Gasteiger partial charge is 0.387 e. The van der Waals surface area contributed by atoms with Crippen LogP contribution >= 0.6 is 0 Å². The molecule has 0 spiro atoms. The number of para-hydroxylation sites is 1. The second-order valence-corrected chi connectivity index (χ2v) is 4.95. The molecule has 0 heterocycles. The van der Waals surface area contributed by atoms with Gasteiger partial charge in [0.1, 0.15) is 11.8 Å². The summed E-state index contributed by atoms with van der Waals surface area (Å²) in [7, 11) is 0. The van der Waals surface area contributed by atoms with Gasteiger partial charge in [0.25, 0.3) is 0 Å². The van der Waals surface area contributed by atoms with Gasteiger partial charge in [0, 0.05) is 5.56 Å². The average Bonchev–Trinajstić information content (AvgIpc) is 3.24. The van der Waals surface area contributed by atoms with Crippen molar-refractivity contribution in [2.24, 2.45) is 5.92 Å². The Hall–Kier alpha value is -1.69. The first-order valence-electron chi connectivity index (χ1n) is 7.05. The molecular weight excluding hydrogens is 280 g/mol. The number of halogens is 2. The van der Waals surface area contributed by atoms with Gasteiger partial charge in [-0.05, 0) is 38.3 Å². The van der Waals surface area contributed by atoms with E-state index >= 15 is 0 Å². The van der Waals surface area contributed by atoms with E-state index in [1.807, 2.05) is 0 Å². The van der Waals surface area contributed by atoms with Crippen LogP contribution in [0.2, 0.25) is 0 Å². The minimum Gasteiger partial charge on any atom is -0.465 e. The van der Waals surface area contributed by atoms with Gasteiger partial charge in [-0.3, -0.25) is 0 Å². The van der Waals surface area contributed by atoms with Gasteiger partial charge in [-0.25, -0.2) is 4.79 Å². The van der Waals surface area contributed by atoms with Gasteiger partial charge in [0.2, 0.25) is 0 Å². The first kappa shape index (κ1) is 15.7. The zero-order chi connectivity index (χ0) is 15.2. The highest BCUT2D eigenvalue weighted by Gasteiger charge is 2.29. The van der Waals surface area contributed by atoms with Gasteiger partial charge < -0.3 is 14.8 Å². The topological polar surface area (TPSA) is 47.6 Å². The van der Waals surface area contributed by atoms with Crippen molar-refractivity contribution >= 4 is 5.97 Å². The van der Waals surface area contributed by atoms with Crippen LogP contribution in [0, 0.1) is 5.92 Å². The number of hydrogen-bond donors (Lipinski definition) is 1. The monoisotopic (exact) mass is 299 g/mol. The first-order valence-corrected chi connectivity index (χ1v) is 7.05. The van der Waals surface area contributed by atoms with E-state index in [4.69, 9.17) is 4.74 Å². The van der Waals surface area contributed by atoms with Crippen LogP contribution in [0.4, 0.5) is 8.78 Å². The number of alkyl halides is 2. The molecule has 1 aliphatic carbocycles. The van der Waals surface area contributed by atoms with Gasteiger partial charge >= 0.3 is 12.6 Å². The molecule has 1 N–H and O–H groups in total. The van der Waals surface area contributed by atoms with E-state index in [1.165, 1.54) is 6.07 Å². The zero-order valence-corrected chi connectivity index (χ0v) is 11.9. The zero-order valence-electron chi connectivity index (χ0n) is 11.9. The summed E-state index contributed by atoms with van der Waals surface area (Å²) < 4.78 is 34.5. The minimum absolute atomic E-state index is 0.00569. The largest absolute Gasteiger partial charge is 0.465 e. The minimum atomic E-state index is -2.93. The maximum Gasteiger partial charge on any atom is 0.387 e. The summed E-state index contributed by atoms with van der Waals surface area (Å²) in [6.07, 6.45) is 2.25. The van der Waals surface area contributed by atoms with Crippen LogP contribution < -0.4 is 10.1 Å². The molecule has 21 heavy (non-hydrogen) atoms. The number of rotatable bonds is 8. The fraction of sp³-hybridized carbons (Fsp3) is 0.533. The van der Waals surface area contributed by atoms with Crippen LogP contribution in [0.25, 0.3) is 0 Å². The third-order valence-electron chi connectivity index (χ3n) is 3.28. The lowest BCUT2D eigenvalue weighted by atomic mass is 10.1. The van der Waals surface area contributed by atoms with Crippen molar-refractivity contribution in [3.05, 3.63) is 29.8 Å². The third kappa shape index (κ3) is 4.67. The standard InChI is InChI=1S/C15H19F2NO3/c1-2-20-14(19)13(18-9-10-7-8-10)11-5-3-4-6-12(11)21-15(16)17/h3-6,10,13,15,18H,2,7-9H2,1H3. The fourth-order valence-electron chi connectivity index (χ4n) is 2.07. The van der Waals surface area contributed by atoms with Crippen molar-refractivity contribution in [1.29, 1.82) is 0 Å². The Kier molecular flexibility index (Phi) is 5.50. The summed E-state index contributed by atoms with van der Waals surface area (Å²) in [6.45, 7) is -0.334. The Morgan fingerprint density at radius 2 is 2.10 bits per heavy atom. The van der Waals surface area contributed by atoms with Crippen LogP contribution in [0.1, 0.15) is 31.4 Å². The molecule has 1 atom stereocenters. The molecule has 1 saturated carbocycles. The molecule has 4 nitrogen and oxygen atoms in total. The van der Waals surface area contributed by atoms with Crippen LogP contribution in [0.3, 0.4) is 0 Å². The van der Waals surface area contributed by atoms with E-state index in [2.05, 4.69) is 10.1 Å². The number of carbonyl (C=O) groups is 1. The number of carbonyl (C=O) groups excluding carboxylic acids is 1. The predicted molar refractivity (Wildman–Crippen MR) is 73.2 cm³/mol. The highest BCUT2D eigenvalue weighted by molar-refractivity contribution is 5.78. The normalized spacial score (nSPS) is 15.8. The average molecular weight is 299 g/mol. The van der Waals surface area contributed by atoms with E-state index in [1.54, 1.807) is 25.1 Å². The summed E-state index contributed by atoms with van der Waals surface area (Å²) in [5, 5.41) is 3.10. The number of nitrogens with one attached hydrogen (secondary N) is 1. The molecule has 1 fully saturated rings. The molecular formula is C15H19F2NO3. The molecule has 1 aromatic rings. The molecule has 6 heteroatoms. The molecule has 1 aliphatic rings. The molecule has 1 unspecified atom stereocenters. The van der Waals surface area contributed by atoms with Crippen LogP contribution in [0.15, 0.2) is 24.3 Å². The summed E-state index contributed by atoms with van der Waals surface area (Å²) >= 11 is 0. The molecule has 0 bridgehead atoms. The van der Waals surface area contributed by atoms with E-state index in [0.717, 1.165) is 12.8 Å². The Morgan fingerprint density at radius 3 is 2.71 bits per heavy atom. The number of hydrogen-bond acceptors (Lipinski definition) is 4. The third-order valence-corrected chi connectivity index (χ3v) is 3.28. The van der Waals surface area contributed by atoms with E-state index < -0.39 is 18.6 Å². The molecule has 116 valence electrons. The maximum absolute atomic E-state index is 12.5. The molecule has 2 rings (SSSR count). The van der Waals surface area contributed by atoms with Crippen LogP contribution in [0.5, 0.6) is 5.75 Å². The molecule has 0 amide bonds. The lowest BCUT2D eigenvalue weighted by molar-refractivity contribution is -0.146. The Labute approximate surface area is 122 Å². The van der Waals surface area contributed by atoms with Crippen molar-refractivity contribution in [3.8, 4) is 5.75 Å². The molecule has 0 radical (unpaired) electrons. The van der Waals surface area contributed by atoms with Crippen LogP contribution in [-0.4, -0.2) is 25.7 Å². The highest BCUT2D eigenvalue weighted by Crippen LogP contribution is 2.31. The van der Waals surface area contributed by atoms with Crippen molar-refractivity contribution in [3.63, 3.8) is 0 Å². The SMILES string of the molecule is CCOC(=O)C(NCC1CC1)c1ccccc1OC(F)F.